The molecule has 26 heavy (non-hydrogen) atoms. The van der Waals surface area contributed by atoms with Gasteiger partial charge >= 0.3 is 0 Å². The van der Waals surface area contributed by atoms with Crippen molar-refractivity contribution in [2.45, 2.75) is 19.4 Å². The molecule has 0 aromatic heterocycles. The van der Waals surface area contributed by atoms with Crippen LogP contribution in [0.5, 0.6) is 11.5 Å². The highest BCUT2D eigenvalue weighted by Crippen LogP contribution is 2.23. The quantitative estimate of drug-likeness (QED) is 0.582. The second kappa shape index (κ2) is 9.46. The van der Waals surface area contributed by atoms with Gasteiger partial charge in [0.05, 0.1) is 26.0 Å². The van der Waals surface area contributed by atoms with Crippen LogP contribution >= 0.6 is 0 Å². The van der Waals surface area contributed by atoms with E-state index in [1.165, 1.54) is 14.0 Å². The molecule has 6 nitrogen and oxygen atoms in total. The Morgan fingerprint density at radius 3 is 1.96 bits per heavy atom. The van der Waals surface area contributed by atoms with Crippen molar-refractivity contribution < 1.29 is 19.1 Å². The molecule has 2 rings (SSSR count). The lowest BCUT2D eigenvalue weighted by Gasteiger charge is -2.20. The van der Waals surface area contributed by atoms with Crippen LogP contribution in [0.3, 0.4) is 0 Å². The van der Waals surface area contributed by atoms with E-state index in [9.17, 15) is 4.79 Å². The van der Waals surface area contributed by atoms with Gasteiger partial charge in [0, 0.05) is 13.3 Å². The van der Waals surface area contributed by atoms with Gasteiger partial charge in [-0.05, 0) is 47.5 Å². The summed E-state index contributed by atoms with van der Waals surface area (Å²) < 4.78 is 10.4. The molecule has 0 bridgehead atoms. The van der Waals surface area contributed by atoms with Gasteiger partial charge in [-0.2, -0.15) is 0 Å². The van der Waals surface area contributed by atoms with Gasteiger partial charge in [-0.15, -0.1) is 0 Å². The highest BCUT2D eigenvalue weighted by Gasteiger charge is 2.18. The van der Waals surface area contributed by atoms with Crippen LogP contribution in [0.4, 0.5) is 0 Å². The average molecular weight is 356 g/mol. The number of rotatable bonds is 8. The van der Waals surface area contributed by atoms with Crippen molar-refractivity contribution >= 4 is 11.6 Å². The predicted octanol–water partition coefficient (Wildman–Crippen LogP) is 3.32. The first kappa shape index (κ1) is 19.3. The molecule has 6 heteroatoms. The number of oxime groups is 1. The first-order valence-corrected chi connectivity index (χ1v) is 8.23. The SMILES string of the molecule is CON=C(CC(NC(C)=O)c1ccc(OC)cc1)c1ccc(OC)cc1. The minimum absolute atomic E-state index is 0.114. The Morgan fingerprint density at radius 2 is 1.50 bits per heavy atom. The van der Waals surface area contributed by atoms with Gasteiger partial charge in [-0.1, -0.05) is 17.3 Å². The van der Waals surface area contributed by atoms with Gasteiger partial charge in [0.2, 0.25) is 5.91 Å². The van der Waals surface area contributed by atoms with E-state index in [-0.39, 0.29) is 11.9 Å². The number of amides is 1. The number of benzene rings is 2. The summed E-state index contributed by atoms with van der Waals surface area (Å²) in [5, 5.41) is 7.13. The number of carbonyl (C=O) groups is 1. The fraction of sp³-hybridized carbons (Fsp3) is 0.300. The van der Waals surface area contributed by atoms with Gasteiger partial charge in [-0.25, -0.2) is 0 Å². The van der Waals surface area contributed by atoms with E-state index in [1.807, 2.05) is 48.5 Å². The summed E-state index contributed by atoms with van der Waals surface area (Å²) >= 11 is 0. The molecule has 0 heterocycles. The van der Waals surface area contributed by atoms with Gasteiger partial charge in [-0.3, -0.25) is 4.79 Å². The van der Waals surface area contributed by atoms with Crippen molar-refractivity contribution in [3.05, 3.63) is 59.7 Å². The van der Waals surface area contributed by atoms with E-state index in [1.54, 1.807) is 14.2 Å². The second-order valence-electron chi connectivity index (χ2n) is 5.68. The molecule has 1 N–H and O–H groups in total. The number of hydrogen-bond donors (Lipinski definition) is 1. The first-order chi connectivity index (χ1) is 12.6. The molecule has 0 saturated heterocycles. The Labute approximate surface area is 153 Å². The zero-order chi connectivity index (χ0) is 18.9. The second-order valence-corrected chi connectivity index (χ2v) is 5.68. The van der Waals surface area contributed by atoms with E-state index in [0.717, 1.165) is 28.3 Å². The number of nitrogens with zero attached hydrogens (tertiary/aromatic N) is 1. The Kier molecular flexibility index (Phi) is 7.02. The molecule has 0 saturated carbocycles. The van der Waals surface area contributed by atoms with E-state index < -0.39 is 0 Å². The smallest absolute Gasteiger partial charge is 0.217 e. The third-order valence-corrected chi connectivity index (χ3v) is 3.92. The zero-order valence-corrected chi connectivity index (χ0v) is 15.5. The minimum atomic E-state index is -0.241. The van der Waals surface area contributed by atoms with Crippen molar-refractivity contribution in [2.24, 2.45) is 5.16 Å². The fourth-order valence-electron chi connectivity index (χ4n) is 2.63. The van der Waals surface area contributed by atoms with Gasteiger partial charge in [0.15, 0.2) is 0 Å². The molecular formula is C20H24N2O4. The monoisotopic (exact) mass is 356 g/mol. The van der Waals surface area contributed by atoms with Gasteiger partial charge in [0.1, 0.15) is 18.6 Å². The Balaban J connectivity index is 2.29. The summed E-state index contributed by atoms with van der Waals surface area (Å²) in [6, 6.07) is 14.9. The van der Waals surface area contributed by atoms with E-state index in [0.29, 0.717) is 6.42 Å². The maximum absolute atomic E-state index is 11.7. The summed E-state index contributed by atoms with van der Waals surface area (Å²) in [6.45, 7) is 1.50. The van der Waals surface area contributed by atoms with Gasteiger partial charge in [0.25, 0.3) is 0 Å². The van der Waals surface area contributed by atoms with E-state index >= 15 is 0 Å². The number of nitrogens with one attached hydrogen (secondary N) is 1. The number of methoxy groups -OCH3 is 2. The molecule has 0 aliphatic carbocycles. The summed E-state index contributed by atoms with van der Waals surface area (Å²) in [5.74, 6) is 1.41. The molecule has 1 amide bonds. The predicted molar refractivity (Wildman–Crippen MR) is 101 cm³/mol. The molecule has 138 valence electrons. The largest absolute Gasteiger partial charge is 0.497 e. The summed E-state index contributed by atoms with van der Waals surface area (Å²) in [7, 11) is 4.74. The average Bonchev–Trinajstić information content (AvgIpc) is 2.67. The standard InChI is InChI=1S/C20H24N2O4/c1-14(23)21-19(15-5-9-17(24-2)10-6-15)13-20(22-26-4)16-7-11-18(25-3)12-8-16/h5-12,19H,13H2,1-4H3,(H,21,23). The zero-order valence-electron chi connectivity index (χ0n) is 15.5. The van der Waals surface area contributed by atoms with Crippen LogP contribution in [0, 0.1) is 0 Å². The Hall–Kier alpha value is -3.02. The van der Waals surface area contributed by atoms with Crippen LogP contribution in [0.1, 0.15) is 30.5 Å². The third kappa shape index (κ3) is 5.24. The van der Waals surface area contributed by atoms with Crippen molar-refractivity contribution in [3.8, 4) is 11.5 Å². The third-order valence-electron chi connectivity index (χ3n) is 3.92. The molecule has 1 atom stereocenters. The van der Waals surface area contributed by atoms with Crippen LogP contribution in [0.2, 0.25) is 0 Å². The van der Waals surface area contributed by atoms with Crippen molar-refractivity contribution in [1.82, 2.24) is 5.32 Å². The van der Waals surface area contributed by atoms with Crippen LogP contribution in [-0.4, -0.2) is 32.9 Å². The van der Waals surface area contributed by atoms with Crippen LogP contribution in [-0.2, 0) is 9.63 Å². The Bertz CT molecular complexity index is 739. The van der Waals surface area contributed by atoms with Crippen molar-refractivity contribution in [1.29, 1.82) is 0 Å². The number of hydrogen-bond acceptors (Lipinski definition) is 5. The molecule has 0 radical (unpaired) electrons. The van der Waals surface area contributed by atoms with E-state index in [2.05, 4.69) is 10.5 Å². The normalized spacial score (nSPS) is 12.2. The summed E-state index contributed by atoms with van der Waals surface area (Å²) in [5.41, 5.74) is 2.58. The molecule has 1 unspecified atom stereocenters. The van der Waals surface area contributed by atoms with Crippen molar-refractivity contribution in [3.63, 3.8) is 0 Å². The van der Waals surface area contributed by atoms with Crippen LogP contribution < -0.4 is 14.8 Å². The maximum Gasteiger partial charge on any atom is 0.217 e. The summed E-state index contributed by atoms with van der Waals surface area (Å²) in [6.07, 6.45) is 0.478. The lowest BCUT2D eigenvalue weighted by atomic mass is 9.97. The van der Waals surface area contributed by atoms with Gasteiger partial charge < -0.3 is 19.6 Å². The Morgan fingerprint density at radius 1 is 0.962 bits per heavy atom. The van der Waals surface area contributed by atoms with Crippen molar-refractivity contribution in [2.75, 3.05) is 21.3 Å². The molecule has 0 fully saturated rings. The molecule has 0 aliphatic rings. The fourth-order valence-corrected chi connectivity index (χ4v) is 2.63. The van der Waals surface area contributed by atoms with Crippen LogP contribution in [0.25, 0.3) is 0 Å². The summed E-state index contributed by atoms with van der Waals surface area (Å²) in [4.78, 5) is 16.7. The molecular weight excluding hydrogens is 332 g/mol. The first-order valence-electron chi connectivity index (χ1n) is 8.23. The molecule has 0 spiro atoms. The van der Waals surface area contributed by atoms with Crippen LogP contribution in [0.15, 0.2) is 53.7 Å². The topological polar surface area (TPSA) is 69.2 Å². The lowest BCUT2D eigenvalue weighted by Crippen LogP contribution is -2.28. The number of ether oxygens (including phenoxy) is 2. The highest BCUT2D eigenvalue weighted by molar-refractivity contribution is 6.01. The molecule has 0 aliphatic heterocycles. The number of carbonyl (C=O) groups excluding carboxylic acids is 1. The highest BCUT2D eigenvalue weighted by atomic mass is 16.6. The maximum atomic E-state index is 11.7. The van der Waals surface area contributed by atoms with E-state index in [4.69, 9.17) is 14.3 Å². The molecule has 2 aromatic carbocycles. The molecule has 2 aromatic rings. The lowest BCUT2D eigenvalue weighted by molar-refractivity contribution is -0.119. The minimum Gasteiger partial charge on any atom is -0.497 e.